The Morgan fingerprint density at radius 3 is 1.97 bits per heavy atom. The Kier molecular flexibility index (Phi) is 8.53. The number of nitrogens with one attached hydrogen (secondary N) is 1. The number of aryl methyl sites for hydroxylation is 1. The van der Waals surface area contributed by atoms with Crippen molar-refractivity contribution in [3.05, 3.63) is 82.9 Å². The van der Waals surface area contributed by atoms with E-state index in [2.05, 4.69) is 5.32 Å². The van der Waals surface area contributed by atoms with Crippen molar-refractivity contribution in [1.29, 1.82) is 0 Å². The van der Waals surface area contributed by atoms with Gasteiger partial charge in [0.25, 0.3) is 10.0 Å². The van der Waals surface area contributed by atoms with Crippen molar-refractivity contribution >= 4 is 27.3 Å². The number of ether oxygens (including phenoxy) is 1. The smallest absolute Gasteiger partial charge is 0.416 e. The number of nitrogens with zero attached hydrogens (tertiary/aromatic N) is 1. The summed E-state index contributed by atoms with van der Waals surface area (Å²) in [6, 6.07) is 10.6. The zero-order valence-electron chi connectivity index (χ0n) is 20.9. The van der Waals surface area contributed by atoms with Gasteiger partial charge in [-0.05, 0) is 80.4 Å². The fourth-order valence-corrected chi connectivity index (χ4v) is 5.19. The van der Waals surface area contributed by atoms with Crippen LogP contribution >= 0.6 is 0 Å². The second-order valence-electron chi connectivity index (χ2n) is 8.48. The summed E-state index contributed by atoms with van der Waals surface area (Å²) in [4.78, 5) is 11.7. The first-order valence-electron chi connectivity index (χ1n) is 11.4. The van der Waals surface area contributed by atoms with Crippen molar-refractivity contribution in [2.24, 2.45) is 0 Å². The van der Waals surface area contributed by atoms with Crippen LogP contribution in [0.1, 0.15) is 29.2 Å². The number of halogens is 6. The molecule has 13 heteroatoms. The number of anilines is 2. The molecule has 6 nitrogen and oxygen atoms in total. The Labute approximate surface area is 221 Å². The average molecular weight is 575 g/mol. The predicted octanol–water partition coefficient (Wildman–Crippen LogP) is 6.57. The summed E-state index contributed by atoms with van der Waals surface area (Å²) < 4.78 is 114. The van der Waals surface area contributed by atoms with Gasteiger partial charge in [0.1, 0.15) is 12.3 Å². The monoisotopic (exact) mass is 574 g/mol. The molecule has 3 rings (SSSR count). The summed E-state index contributed by atoms with van der Waals surface area (Å²) in [5.41, 5.74) is -2.47. The molecule has 0 heterocycles. The molecule has 0 aliphatic carbocycles. The molecule has 39 heavy (non-hydrogen) atoms. The van der Waals surface area contributed by atoms with Crippen molar-refractivity contribution in [2.75, 3.05) is 22.8 Å². The molecule has 0 saturated heterocycles. The van der Waals surface area contributed by atoms with Crippen LogP contribution in [0.25, 0.3) is 0 Å². The minimum absolute atomic E-state index is 0.0807. The summed E-state index contributed by atoms with van der Waals surface area (Å²) >= 11 is 0. The molecule has 0 aliphatic rings. The van der Waals surface area contributed by atoms with Crippen LogP contribution < -0.4 is 14.4 Å². The van der Waals surface area contributed by atoms with Gasteiger partial charge in [-0.15, -0.1) is 0 Å². The maximum atomic E-state index is 13.7. The second kappa shape index (κ2) is 11.2. The topological polar surface area (TPSA) is 75.7 Å². The molecule has 0 unspecified atom stereocenters. The second-order valence-corrected chi connectivity index (χ2v) is 10.3. The lowest BCUT2D eigenvalue weighted by Crippen LogP contribution is -2.39. The van der Waals surface area contributed by atoms with E-state index in [9.17, 15) is 39.6 Å². The van der Waals surface area contributed by atoms with Crippen LogP contribution in [0.15, 0.2) is 65.6 Å². The van der Waals surface area contributed by atoms with Crippen molar-refractivity contribution in [3.8, 4) is 5.75 Å². The third kappa shape index (κ3) is 7.02. The summed E-state index contributed by atoms with van der Waals surface area (Å²) in [6.45, 7) is 4.40. The van der Waals surface area contributed by atoms with E-state index in [1.54, 1.807) is 32.0 Å². The molecular formula is C26H24F6N2O4S. The molecule has 0 radical (unpaired) electrons. The van der Waals surface area contributed by atoms with Gasteiger partial charge in [-0.2, -0.15) is 26.3 Å². The van der Waals surface area contributed by atoms with Crippen LogP contribution in [0.4, 0.5) is 37.7 Å². The maximum Gasteiger partial charge on any atom is 0.416 e. The Morgan fingerprint density at radius 2 is 1.46 bits per heavy atom. The standard InChI is InChI=1S/C26H24F6N2O4S/c1-4-38-21-10-8-20(9-11-21)33-24(35)15-34(23-7-5-6-16(2)17(23)3)39(36,37)22-13-18(25(27,28)29)12-19(14-22)26(30,31)32/h5-14H,4,15H2,1-3H3,(H,33,35). The highest BCUT2D eigenvalue weighted by molar-refractivity contribution is 7.92. The van der Waals surface area contributed by atoms with Gasteiger partial charge in [0.15, 0.2) is 0 Å². The molecule has 1 N–H and O–H groups in total. The van der Waals surface area contributed by atoms with Gasteiger partial charge < -0.3 is 10.1 Å². The first-order valence-corrected chi connectivity index (χ1v) is 12.9. The van der Waals surface area contributed by atoms with E-state index in [-0.39, 0.29) is 29.6 Å². The van der Waals surface area contributed by atoms with Gasteiger partial charge in [-0.25, -0.2) is 8.42 Å². The molecular weight excluding hydrogens is 550 g/mol. The summed E-state index contributed by atoms with van der Waals surface area (Å²) in [6.07, 6.45) is -10.5. The summed E-state index contributed by atoms with van der Waals surface area (Å²) in [5, 5.41) is 2.48. The number of sulfonamides is 1. The number of hydrogen-bond donors (Lipinski definition) is 1. The lowest BCUT2D eigenvalue weighted by molar-refractivity contribution is -0.143. The average Bonchev–Trinajstić information content (AvgIpc) is 2.84. The van der Waals surface area contributed by atoms with Crippen LogP contribution in [-0.2, 0) is 27.2 Å². The molecule has 0 aliphatic heterocycles. The Hall–Kier alpha value is -3.74. The Balaban J connectivity index is 2.10. The maximum absolute atomic E-state index is 13.7. The van der Waals surface area contributed by atoms with E-state index in [1.165, 1.54) is 31.2 Å². The van der Waals surface area contributed by atoms with E-state index in [0.29, 0.717) is 27.8 Å². The van der Waals surface area contributed by atoms with Gasteiger partial charge in [-0.3, -0.25) is 9.10 Å². The van der Waals surface area contributed by atoms with Crippen LogP contribution in [0.2, 0.25) is 0 Å². The zero-order valence-corrected chi connectivity index (χ0v) is 21.8. The minimum atomic E-state index is -5.26. The van der Waals surface area contributed by atoms with E-state index in [4.69, 9.17) is 4.74 Å². The van der Waals surface area contributed by atoms with Gasteiger partial charge in [-0.1, -0.05) is 12.1 Å². The SMILES string of the molecule is CCOc1ccc(NC(=O)CN(c2cccc(C)c2C)S(=O)(=O)c2cc(C(F)(F)F)cc(C(F)(F)F)c2)cc1. The highest BCUT2D eigenvalue weighted by Gasteiger charge is 2.39. The summed E-state index contributed by atoms with van der Waals surface area (Å²) in [7, 11) is -5.11. The molecule has 0 fully saturated rings. The molecule has 0 spiro atoms. The normalized spacial score (nSPS) is 12.2. The first kappa shape index (κ1) is 29.8. The lowest BCUT2D eigenvalue weighted by atomic mass is 10.1. The van der Waals surface area contributed by atoms with Gasteiger partial charge in [0.05, 0.1) is 28.3 Å². The van der Waals surface area contributed by atoms with Gasteiger partial charge >= 0.3 is 12.4 Å². The third-order valence-electron chi connectivity index (χ3n) is 5.73. The molecule has 3 aromatic rings. The van der Waals surface area contributed by atoms with Crippen LogP contribution in [0.5, 0.6) is 5.75 Å². The quantitative estimate of drug-likeness (QED) is 0.309. The van der Waals surface area contributed by atoms with Crippen molar-refractivity contribution in [1.82, 2.24) is 0 Å². The third-order valence-corrected chi connectivity index (χ3v) is 7.47. The number of rotatable bonds is 8. The zero-order chi connectivity index (χ0) is 29.2. The number of hydrogen-bond acceptors (Lipinski definition) is 4. The highest BCUT2D eigenvalue weighted by atomic mass is 32.2. The number of benzene rings is 3. The number of carbonyl (C=O) groups excluding carboxylic acids is 1. The minimum Gasteiger partial charge on any atom is -0.494 e. The Bertz CT molecular complexity index is 1420. The van der Waals surface area contributed by atoms with E-state index in [1.807, 2.05) is 0 Å². The van der Waals surface area contributed by atoms with Crippen molar-refractivity contribution in [3.63, 3.8) is 0 Å². The highest BCUT2D eigenvalue weighted by Crippen LogP contribution is 2.38. The predicted molar refractivity (Wildman–Crippen MR) is 133 cm³/mol. The molecule has 1 amide bonds. The molecule has 210 valence electrons. The largest absolute Gasteiger partial charge is 0.494 e. The molecule has 3 aromatic carbocycles. The number of carbonyl (C=O) groups is 1. The van der Waals surface area contributed by atoms with Gasteiger partial charge in [0, 0.05) is 5.69 Å². The molecule has 0 aromatic heterocycles. The fourth-order valence-electron chi connectivity index (χ4n) is 3.64. The van der Waals surface area contributed by atoms with E-state index < -0.39 is 50.9 Å². The fraction of sp³-hybridized carbons (Fsp3) is 0.269. The number of amides is 1. The van der Waals surface area contributed by atoms with Crippen molar-refractivity contribution in [2.45, 2.75) is 38.0 Å². The first-order chi connectivity index (χ1) is 18.0. The summed E-state index contributed by atoms with van der Waals surface area (Å²) in [5.74, 6) is -0.369. The van der Waals surface area contributed by atoms with Crippen LogP contribution in [-0.4, -0.2) is 27.5 Å². The Morgan fingerprint density at radius 1 is 0.897 bits per heavy atom. The van der Waals surface area contributed by atoms with Crippen molar-refractivity contribution < 1.29 is 44.3 Å². The van der Waals surface area contributed by atoms with E-state index >= 15 is 0 Å². The molecule has 0 atom stereocenters. The van der Waals surface area contributed by atoms with Crippen LogP contribution in [0, 0.1) is 13.8 Å². The lowest BCUT2D eigenvalue weighted by Gasteiger charge is -2.27. The molecule has 0 bridgehead atoms. The van der Waals surface area contributed by atoms with Crippen LogP contribution in [0.3, 0.4) is 0 Å². The van der Waals surface area contributed by atoms with E-state index in [0.717, 1.165) is 0 Å². The number of alkyl halides is 6. The van der Waals surface area contributed by atoms with Gasteiger partial charge in [0.2, 0.25) is 5.91 Å². The molecule has 0 saturated carbocycles.